The number of carbonyl (C=O) groups is 5. The smallest absolute Gasteiger partial charge is 0.305 e. The van der Waals surface area contributed by atoms with E-state index in [2.05, 4.69) is 0 Å². The number of rotatable bonds is 39. The molecule has 0 saturated carbocycles. The van der Waals surface area contributed by atoms with Gasteiger partial charge in [-0.3, -0.25) is 28.9 Å². The first-order chi connectivity index (χ1) is 25.3. The first-order valence-corrected chi connectivity index (χ1v) is 17.3. The summed E-state index contributed by atoms with van der Waals surface area (Å²) in [5.74, 6) is -2.67. The lowest BCUT2D eigenvalue weighted by Gasteiger charge is -2.23. The average Bonchev–Trinajstić information content (AvgIpc) is 3.44. The standard InChI is InChI=1S/C33H56N2O17/c36-29(3-9-43-15-18-48-14-8-35-30(37)1-2-31(35)38)34(6-12-46-19-23-51-27-25-49-21-16-44-10-4-32(39)40)7-13-47-20-24-52-28-26-50-22-17-45-11-5-33(41)42/h1-2H,3-28H2,(H,39,40)(H,41,42). The van der Waals surface area contributed by atoms with Crippen LogP contribution in [0.3, 0.4) is 0 Å². The Bertz CT molecular complexity index is 940. The molecule has 1 rings (SSSR count). The summed E-state index contributed by atoms with van der Waals surface area (Å²) in [4.78, 5) is 59.6. The van der Waals surface area contributed by atoms with E-state index in [0.29, 0.717) is 106 Å². The van der Waals surface area contributed by atoms with Crippen molar-refractivity contribution in [1.29, 1.82) is 0 Å². The maximum Gasteiger partial charge on any atom is 0.305 e. The molecule has 0 saturated heterocycles. The molecule has 1 aliphatic heterocycles. The number of amides is 3. The Morgan fingerprint density at radius 2 is 0.731 bits per heavy atom. The Kier molecular flexibility index (Phi) is 30.4. The quantitative estimate of drug-likeness (QED) is 0.0582. The summed E-state index contributed by atoms with van der Waals surface area (Å²) in [6.07, 6.45) is 2.49. The van der Waals surface area contributed by atoms with Crippen LogP contribution >= 0.6 is 0 Å². The lowest BCUT2D eigenvalue weighted by Crippen LogP contribution is -2.37. The topological polar surface area (TPSA) is 225 Å². The van der Waals surface area contributed by atoms with Gasteiger partial charge < -0.3 is 62.5 Å². The molecule has 19 heteroatoms. The van der Waals surface area contributed by atoms with Crippen molar-refractivity contribution >= 4 is 29.7 Å². The number of ether oxygens (including phenoxy) is 10. The maximum atomic E-state index is 12.9. The van der Waals surface area contributed by atoms with Gasteiger partial charge in [-0.25, -0.2) is 0 Å². The van der Waals surface area contributed by atoms with Crippen LogP contribution in [0.1, 0.15) is 19.3 Å². The molecular weight excluding hydrogens is 696 g/mol. The largest absolute Gasteiger partial charge is 0.481 e. The highest BCUT2D eigenvalue weighted by molar-refractivity contribution is 6.12. The molecule has 0 fully saturated rings. The third kappa shape index (κ3) is 28.5. The van der Waals surface area contributed by atoms with E-state index in [9.17, 15) is 24.0 Å². The predicted octanol–water partition coefficient (Wildman–Crippen LogP) is -0.754. The van der Waals surface area contributed by atoms with Gasteiger partial charge in [0.2, 0.25) is 5.91 Å². The number of aliphatic carboxylic acids is 2. The van der Waals surface area contributed by atoms with Crippen LogP contribution in [0.15, 0.2) is 12.2 Å². The number of carboxylic acids is 2. The molecule has 3 amide bonds. The lowest BCUT2D eigenvalue weighted by molar-refractivity contribution is -0.139. The van der Waals surface area contributed by atoms with E-state index in [0.717, 1.165) is 4.90 Å². The number of carbonyl (C=O) groups excluding carboxylic acids is 3. The minimum absolute atomic E-state index is 0.0460. The molecule has 0 radical (unpaired) electrons. The van der Waals surface area contributed by atoms with Crippen LogP contribution in [0.4, 0.5) is 0 Å². The first-order valence-electron chi connectivity index (χ1n) is 17.3. The molecule has 0 atom stereocenters. The molecule has 1 aliphatic rings. The van der Waals surface area contributed by atoms with Crippen molar-refractivity contribution < 1.29 is 81.6 Å². The summed E-state index contributed by atoms with van der Waals surface area (Å²) in [5, 5.41) is 17.1. The number of hydrogen-bond donors (Lipinski definition) is 2. The van der Waals surface area contributed by atoms with Gasteiger partial charge in [0, 0.05) is 25.2 Å². The third-order valence-corrected chi connectivity index (χ3v) is 6.71. The highest BCUT2D eigenvalue weighted by Gasteiger charge is 2.22. The van der Waals surface area contributed by atoms with Gasteiger partial charge in [0.25, 0.3) is 11.8 Å². The predicted molar refractivity (Wildman–Crippen MR) is 180 cm³/mol. The SMILES string of the molecule is O=C(O)CCOCCOCCOCCOCCN(CCOCCOCCOCCOCCC(=O)O)C(=O)CCOCCOCCN1C(=O)C=CC1=O. The molecule has 0 aromatic carbocycles. The van der Waals surface area contributed by atoms with Crippen molar-refractivity contribution in [3.8, 4) is 0 Å². The van der Waals surface area contributed by atoms with Gasteiger partial charge in [-0.1, -0.05) is 0 Å². The molecule has 0 aromatic rings. The zero-order chi connectivity index (χ0) is 37.9. The van der Waals surface area contributed by atoms with E-state index in [1.165, 1.54) is 12.2 Å². The monoisotopic (exact) mass is 752 g/mol. The molecule has 0 unspecified atom stereocenters. The first kappa shape index (κ1) is 46.9. The summed E-state index contributed by atoms with van der Waals surface area (Å²) in [7, 11) is 0. The van der Waals surface area contributed by atoms with Crippen molar-refractivity contribution in [2.24, 2.45) is 0 Å². The van der Waals surface area contributed by atoms with E-state index >= 15 is 0 Å². The van der Waals surface area contributed by atoms with Crippen molar-refractivity contribution in [2.45, 2.75) is 19.3 Å². The third-order valence-electron chi connectivity index (χ3n) is 6.71. The average molecular weight is 753 g/mol. The fraction of sp³-hybridized carbons (Fsp3) is 0.788. The molecule has 0 bridgehead atoms. The molecule has 52 heavy (non-hydrogen) atoms. The van der Waals surface area contributed by atoms with Gasteiger partial charge in [0.15, 0.2) is 0 Å². The minimum atomic E-state index is -0.910. The molecule has 2 N–H and O–H groups in total. The molecule has 0 aromatic heterocycles. The van der Waals surface area contributed by atoms with E-state index in [1.807, 2.05) is 0 Å². The van der Waals surface area contributed by atoms with Gasteiger partial charge >= 0.3 is 11.9 Å². The normalized spacial score (nSPS) is 12.7. The number of imide groups is 1. The van der Waals surface area contributed by atoms with E-state index in [1.54, 1.807) is 4.90 Å². The number of nitrogens with zero attached hydrogens (tertiary/aromatic N) is 2. The Morgan fingerprint density at radius 3 is 1.08 bits per heavy atom. The highest BCUT2D eigenvalue weighted by atomic mass is 16.6. The molecule has 0 aliphatic carbocycles. The Morgan fingerprint density at radius 1 is 0.442 bits per heavy atom. The second kappa shape index (κ2) is 33.7. The fourth-order valence-electron chi connectivity index (χ4n) is 4.00. The highest BCUT2D eigenvalue weighted by Crippen LogP contribution is 2.02. The zero-order valence-electron chi connectivity index (χ0n) is 30.0. The van der Waals surface area contributed by atoms with E-state index in [-0.39, 0.29) is 83.2 Å². The Balaban J connectivity index is 2.18. The van der Waals surface area contributed by atoms with Crippen LogP contribution in [0.25, 0.3) is 0 Å². The van der Waals surface area contributed by atoms with Gasteiger partial charge in [0.1, 0.15) is 0 Å². The Labute approximate surface area is 304 Å². The molecule has 300 valence electrons. The molecule has 1 heterocycles. The summed E-state index contributed by atoms with van der Waals surface area (Å²) in [6, 6.07) is 0. The van der Waals surface area contributed by atoms with Crippen LogP contribution < -0.4 is 0 Å². The van der Waals surface area contributed by atoms with Crippen molar-refractivity contribution in [3.05, 3.63) is 12.2 Å². The molecule has 0 spiro atoms. The van der Waals surface area contributed by atoms with Crippen LogP contribution in [0.2, 0.25) is 0 Å². The number of carboxylic acid groups (broad SMARTS) is 2. The molecule has 19 nitrogen and oxygen atoms in total. The van der Waals surface area contributed by atoms with Gasteiger partial charge in [-0.05, 0) is 0 Å². The van der Waals surface area contributed by atoms with Crippen LogP contribution in [-0.4, -0.2) is 201 Å². The molecular formula is C33H56N2O17. The van der Waals surface area contributed by atoms with Crippen LogP contribution in [-0.2, 0) is 71.3 Å². The Hall–Kier alpha value is -3.11. The summed E-state index contributed by atoms with van der Waals surface area (Å²) < 4.78 is 54.1. The second-order valence-electron chi connectivity index (χ2n) is 10.7. The zero-order valence-corrected chi connectivity index (χ0v) is 30.0. The van der Waals surface area contributed by atoms with Crippen LogP contribution in [0.5, 0.6) is 0 Å². The van der Waals surface area contributed by atoms with Gasteiger partial charge in [0.05, 0.1) is 158 Å². The summed E-state index contributed by atoms with van der Waals surface area (Å²) in [6.45, 7) is 6.68. The van der Waals surface area contributed by atoms with Gasteiger partial charge in [-0.15, -0.1) is 0 Å². The maximum absolute atomic E-state index is 12.9. The minimum Gasteiger partial charge on any atom is -0.481 e. The summed E-state index contributed by atoms with van der Waals surface area (Å²) >= 11 is 0. The summed E-state index contributed by atoms with van der Waals surface area (Å²) in [5.41, 5.74) is 0. The van der Waals surface area contributed by atoms with Crippen molar-refractivity contribution in [2.75, 3.05) is 152 Å². The van der Waals surface area contributed by atoms with E-state index < -0.39 is 11.9 Å². The number of hydrogen-bond acceptors (Lipinski definition) is 15. The second-order valence-corrected chi connectivity index (χ2v) is 10.7. The van der Waals surface area contributed by atoms with Crippen LogP contribution in [0, 0.1) is 0 Å². The van der Waals surface area contributed by atoms with Crippen molar-refractivity contribution in [1.82, 2.24) is 9.80 Å². The van der Waals surface area contributed by atoms with E-state index in [4.69, 9.17) is 57.6 Å². The van der Waals surface area contributed by atoms with Crippen molar-refractivity contribution in [3.63, 3.8) is 0 Å². The lowest BCUT2D eigenvalue weighted by atomic mass is 10.3. The van der Waals surface area contributed by atoms with Gasteiger partial charge in [-0.2, -0.15) is 0 Å². The fourth-order valence-corrected chi connectivity index (χ4v) is 4.00.